The maximum atomic E-state index is 12.3. The lowest BCUT2D eigenvalue weighted by Gasteiger charge is -2.14. The Morgan fingerprint density at radius 1 is 1.09 bits per heavy atom. The minimum absolute atomic E-state index is 0.00409. The van der Waals surface area contributed by atoms with Crippen LogP contribution in [0.4, 0.5) is 0 Å². The van der Waals surface area contributed by atoms with Crippen molar-refractivity contribution < 1.29 is 9.59 Å². The fourth-order valence-corrected chi connectivity index (χ4v) is 2.96. The monoisotopic (exact) mass is 314 g/mol. The highest BCUT2D eigenvalue weighted by molar-refractivity contribution is 6.30. The number of benzene rings is 2. The number of amides is 2. The molecule has 0 fully saturated rings. The van der Waals surface area contributed by atoms with Crippen LogP contribution >= 0.6 is 11.6 Å². The van der Waals surface area contributed by atoms with Crippen LogP contribution in [0.2, 0.25) is 5.02 Å². The van der Waals surface area contributed by atoms with Crippen LogP contribution in [0.5, 0.6) is 0 Å². The van der Waals surface area contributed by atoms with Crippen molar-refractivity contribution in [3.05, 3.63) is 69.7 Å². The molecule has 1 aliphatic carbocycles. The second-order valence-corrected chi connectivity index (χ2v) is 5.79. The molecule has 0 aliphatic heterocycles. The Bertz CT molecular complexity index is 741. The smallest absolute Gasteiger partial charge is 0.251 e. The molecule has 1 aliphatic rings. The average Bonchev–Trinajstić information content (AvgIpc) is 2.89. The van der Waals surface area contributed by atoms with Gasteiger partial charge in [-0.3, -0.25) is 9.59 Å². The lowest BCUT2D eigenvalue weighted by molar-refractivity contribution is 0.0934. The molecule has 0 heterocycles. The van der Waals surface area contributed by atoms with E-state index in [4.69, 9.17) is 17.3 Å². The molecule has 4 nitrogen and oxygen atoms in total. The third-order valence-electron chi connectivity index (χ3n) is 3.92. The van der Waals surface area contributed by atoms with Gasteiger partial charge in [0.1, 0.15) is 0 Å². The van der Waals surface area contributed by atoms with Crippen molar-refractivity contribution in [1.29, 1.82) is 0 Å². The molecule has 2 amide bonds. The van der Waals surface area contributed by atoms with Gasteiger partial charge in [0.05, 0.1) is 6.04 Å². The van der Waals surface area contributed by atoms with Crippen LogP contribution in [0.15, 0.2) is 42.5 Å². The van der Waals surface area contributed by atoms with Gasteiger partial charge in [-0.2, -0.15) is 0 Å². The van der Waals surface area contributed by atoms with E-state index in [9.17, 15) is 9.59 Å². The summed E-state index contributed by atoms with van der Waals surface area (Å²) in [6.45, 7) is 0. The molecule has 3 N–H and O–H groups in total. The molecule has 5 heteroatoms. The van der Waals surface area contributed by atoms with Crippen molar-refractivity contribution in [3.63, 3.8) is 0 Å². The third kappa shape index (κ3) is 2.83. The van der Waals surface area contributed by atoms with Gasteiger partial charge in [-0.25, -0.2) is 0 Å². The number of nitrogens with two attached hydrogens (primary N) is 1. The number of carbonyl (C=O) groups is 2. The number of halogens is 1. The van der Waals surface area contributed by atoms with Crippen LogP contribution in [0.25, 0.3) is 0 Å². The molecule has 1 atom stereocenters. The van der Waals surface area contributed by atoms with Crippen LogP contribution in [0.1, 0.15) is 44.3 Å². The van der Waals surface area contributed by atoms with E-state index in [2.05, 4.69) is 5.32 Å². The first-order valence-electron chi connectivity index (χ1n) is 7.03. The minimum Gasteiger partial charge on any atom is -0.366 e. The fraction of sp³-hybridized carbons (Fsp3) is 0.176. The van der Waals surface area contributed by atoms with Crippen molar-refractivity contribution in [1.82, 2.24) is 5.32 Å². The highest BCUT2D eigenvalue weighted by Crippen LogP contribution is 2.33. The van der Waals surface area contributed by atoms with Crippen LogP contribution in [0.3, 0.4) is 0 Å². The third-order valence-corrected chi connectivity index (χ3v) is 4.15. The zero-order valence-electron chi connectivity index (χ0n) is 11.8. The van der Waals surface area contributed by atoms with E-state index in [0.717, 1.165) is 18.4 Å². The van der Waals surface area contributed by atoms with Gasteiger partial charge < -0.3 is 11.1 Å². The number of aryl methyl sites for hydroxylation is 1. The molecule has 0 saturated carbocycles. The molecule has 2 aromatic carbocycles. The first kappa shape index (κ1) is 14.6. The Kier molecular flexibility index (Phi) is 3.86. The summed E-state index contributed by atoms with van der Waals surface area (Å²) < 4.78 is 0. The topological polar surface area (TPSA) is 72.2 Å². The summed E-state index contributed by atoms with van der Waals surface area (Å²) in [6, 6.07) is 12.1. The summed E-state index contributed by atoms with van der Waals surface area (Å²) in [5.41, 5.74) is 8.38. The average molecular weight is 315 g/mol. The lowest BCUT2D eigenvalue weighted by atomic mass is 10.1. The second kappa shape index (κ2) is 5.81. The van der Waals surface area contributed by atoms with E-state index < -0.39 is 5.91 Å². The van der Waals surface area contributed by atoms with Crippen molar-refractivity contribution >= 4 is 23.4 Å². The molecule has 112 valence electrons. The van der Waals surface area contributed by atoms with E-state index in [-0.39, 0.29) is 11.9 Å². The zero-order chi connectivity index (χ0) is 15.7. The van der Waals surface area contributed by atoms with Crippen LogP contribution in [0, 0.1) is 0 Å². The number of carbonyl (C=O) groups excluding carboxylic acids is 2. The molecule has 0 saturated heterocycles. The first-order valence-corrected chi connectivity index (χ1v) is 7.41. The van der Waals surface area contributed by atoms with E-state index >= 15 is 0 Å². The van der Waals surface area contributed by atoms with E-state index in [1.165, 1.54) is 5.56 Å². The highest BCUT2D eigenvalue weighted by Gasteiger charge is 2.24. The Balaban J connectivity index is 1.74. The Labute approximate surface area is 133 Å². The first-order chi connectivity index (χ1) is 10.5. The van der Waals surface area contributed by atoms with E-state index in [0.29, 0.717) is 16.1 Å². The van der Waals surface area contributed by atoms with Crippen molar-refractivity contribution in [2.75, 3.05) is 0 Å². The van der Waals surface area contributed by atoms with Gasteiger partial charge in [0.25, 0.3) is 5.91 Å². The van der Waals surface area contributed by atoms with Gasteiger partial charge in [-0.15, -0.1) is 0 Å². The predicted molar refractivity (Wildman–Crippen MR) is 84.9 cm³/mol. The molecular weight excluding hydrogens is 300 g/mol. The summed E-state index contributed by atoms with van der Waals surface area (Å²) in [5, 5.41) is 3.74. The molecule has 0 bridgehead atoms. The normalized spacial score (nSPS) is 16.1. The van der Waals surface area contributed by atoms with Crippen LogP contribution < -0.4 is 11.1 Å². The summed E-state index contributed by atoms with van der Waals surface area (Å²) in [7, 11) is 0. The molecule has 0 spiro atoms. The number of nitrogens with one attached hydrogen (secondary N) is 1. The van der Waals surface area contributed by atoms with Gasteiger partial charge in [-0.05, 0) is 60.4 Å². The fourth-order valence-electron chi connectivity index (χ4n) is 2.76. The highest BCUT2D eigenvalue weighted by atomic mass is 35.5. The molecular formula is C17H15ClN2O2. The summed E-state index contributed by atoms with van der Waals surface area (Å²) in [4.78, 5) is 23.3. The molecule has 0 radical (unpaired) electrons. The van der Waals surface area contributed by atoms with Crippen LogP contribution in [-0.4, -0.2) is 11.8 Å². The molecule has 22 heavy (non-hydrogen) atoms. The molecule has 1 unspecified atom stereocenters. The SMILES string of the molecule is NC(=O)c1ccc(C(=O)NC2CCc3cc(Cl)ccc32)cc1. The minimum atomic E-state index is -0.506. The van der Waals surface area contributed by atoms with Gasteiger partial charge in [0.15, 0.2) is 0 Å². The second-order valence-electron chi connectivity index (χ2n) is 5.35. The maximum Gasteiger partial charge on any atom is 0.251 e. The lowest BCUT2D eigenvalue weighted by Crippen LogP contribution is -2.27. The molecule has 3 rings (SSSR count). The number of primary amides is 1. The van der Waals surface area contributed by atoms with Crippen molar-refractivity contribution in [2.45, 2.75) is 18.9 Å². The zero-order valence-corrected chi connectivity index (χ0v) is 12.6. The summed E-state index contributed by atoms with van der Waals surface area (Å²) in [6.07, 6.45) is 1.77. The predicted octanol–water partition coefficient (Wildman–Crippen LogP) is 2.86. The van der Waals surface area contributed by atoms with Crippen molar-refractivity contribution in [2.24, 2.45) is 5.73 Å². The maximum absolute atomic E-state index is 12.3. The Hall–Kier alpha value is -2.33. The largest absolute Gasteiger partial charge is 0.366 e. The Morgan fingerprint density at radius 3 is 2.45 bits per heavy atom. The van der Waals surface area contributed by atoms with E-state index in [1.807, 2.05) is 18.2 Å². The quantitative estimate of drug-likeness (QED) is 0.914. The van der Waals surface area contributed by atoms with E-state index in [1.54, 1.807) is 24.3 Å². The number of hydrogen-bond acceptors (Lipinski definition) is 2. The number of fused-ring (bicyclic) bond motifs is 1. The van der Waals surface area contributed by atoms with Gasteiger partial charge in [0, 0.05) is 16.1 Å². The van der Waals surface area contributed by atoms with Crippen molar-refractivity contribution in [3.8, 4) is 0 Å². The summed E-state index contributed by atoms with van der Waals surface area (Å²) in [5.74, 6) is -0.669. The standard InChI is InChI=1S/C17H15ClN2O2/c18-13-6-7-14-12(9-13)5-8-15(14)20-17(22)11-3-1-10(2-4-11)16(19)21/h1-4,6-7,9,15H,5,8H2,(H2,19,21)(H,20,22). The van der Waals surface area contributed by atoms with Gasteiger partial charge in [0.2, 0.25) is 5.91 Å². The van der Waals surface area contributed by atoms with Gasteiger partial charge >= 0.3 is 0 Å². The van der Waals surface area contributed by atoms with Crippen LogP contribution in [-0.2, 0) is 6.42 Å². The number of hydrogen-bond donors (Lipinski definition) is 2. The summed E-state index contributed by atoms with van der Waals surface area (Å²) >= 11 is 5.99. The Morgan fingerprint density at radius 2 is 1.77 bits per heavy atom. The molecule has 2 aromatic rings. The van der Waals surface area contributed by atoms with Gasteiger partial charge in [-0.1, -0.05) is 17.7 Å². The number of rotatable bonds is 3. The molecule has 0 aromatic heterocycles.